The molecule has 130 valence electrons. The maximum atomic E-state index is 6.00. The summed E-state index contributed by atoms with van der Waals surface area (Å²) in [7, 11) is 0. The van der Waals surface area contributed by atoms with Gasteiger partial charge in [0, 0.05) is 21.5 Å². The van der Waals surface area contributed by atoms with Crippen LogP contribution in [0.15, 0.2) is 18.2 Å². The number of benzene rings is 1. The third-order valence-corrected chi connectivity index (χ3v) is 5.50. The molecule has 0 spiro atoms. The van der Waals surface area contributed by atoms with E-state index >= 15 is 0 Å². The number of halogens is 4. The quantitative estimate of drug-likeness (QED) is 0.477. The summed E-state index contributed by atoms with van der Waals surface area (Å²) in [6.45, 7) is 5.24. The van der Waals surface area contributed by atoms with Crippen LogP contribution >= 0.6 is 57.4 Å². The van der Waals surface area contributed by atoms with Crippen molar-refractivity contribution in [2.45, 2.75) is 29.6 Å². The molecule has 0 radical (unpaired) electrons. The summed E-state index contributed by atoms with van der Waals surface area (Å²) >= 11 is 20.3. The molecule has 0 saturated carbocycles. The van der Waals surface area contributed by atoms with Crippen molar-refractivity contribution < 1.29 is 0 Å². The first-order chi connectivity index (χ1) is 11.4. The van der Waals surface area contributed by atoms with Crippen LogP contribution < -0.4 is 5.32 Å². The van der Waals surface area contributed by atoms with Gasteiger partial charge in [-0.25, -0.2) is 9.97 Å². The highest BCUT2D eigenvalue weighted by molar-refractivity contribution is 14.1. The average molecular weight is 500 g/mol. The molecule has 0 amide bonds. The summed E-state index contributed by atoms with van der Waals surface area (Å²) in [5.41, 5.74) is 0.771. The second kappa shape index (κ2) is 7.66. The molecule has 1 N–H and O–H groups in total. The summed E-state index contributed by atoms with van der Waals surface area (Å²) in [6.07, 6.45) is 2.43. The van der Waals surface area contributed by atoms with E-state index in [0.717, 1.165) is 39.9 Å². The fraction of sp³-hybridized carbons (Fsp3) is 0.500. The number of nitrogens with one attached hydrogen (secondary N) is 1. The van der Waals surface area contributed by atoms with Crippen LogP contribution in [0.2, 0.25) is 0 Å². The number of rotatable bonds is 4. The predicted molar refractivity (Wildman–Crippen MR) is 110 cm³/mol. The number of hydrogen-bond acceptors (Lipinski definition) is 4. The fourth-order valence-electron chi connectivity index (χ4n) is 3.12. The second-order valence-electron chi connectivity index (χ2n) is 5.86. The zero-order valence-corrected chi connectivity index (χ0v) is 17.6. The van der Waals surface area contributed by atoms with Crippen LogP contribution in [0, 0.1) is 3.57 Å². The van der Waals surface area contributed by atoms with Gasteiger partial charge >= 0.3 is 0 Å². The average Bonchev–Trinajstić information content (AvgIpc) is 2.99. The van der Waals surface area contributed by atoms with Crippen molar-refractivity contribution in [1.29, 1.82) is 0 Å². The van der Waals surface area contributed by atoms with E-state index in [4.69, 9.17) is 34.8 Å². The Morgan fingerprint density at radius 1 is 1.33 bits per heavy atom. The van der Waals surface area contributed by atoms with Gasteiger partial charge in [0.2, 0.25) is 3.79 Å². The van der Waals surface area contributed by atoms with Crippen molar-refractivity contribution in [3.8, 4) is 0 Å². The highest BCUT2D eigenvalue weighted by Crippen LogP contribution is 2.37. The summed E-state index contributed by atoms with van der Waals surface area (Å²) in [6, 6.07) is 6.47. The molecule has 1 aromatic carbocycles. The monoisotopic (exact) mass is 498 g/mol. The van der Waals surface area contributed by atoms with E-state index < -0.39 is 3.79 Å². The van der Waals surface area contributed by atoms with Gasteiger partial charge < -0.3 is 5.32 Å². The molecule has 0 bridgehead atoms. The first-order valence-corrected chi connectivity index (χ1v) is 10.1. The Balaban J connectivity index is 1.93. The third-order valence-electron chi connectivity index (χ3n) is 4.32. The Hall–Kier alpha value is -0.0800. The van der Waals surface area contributed by atoms with Crippen molar-refractivity contribution in [2.24, 2.45) is 0 Å². The first-order valence-electron chi connectivity index (χ1n) is 7.91. The van der Waals surface area contributed by atoms with Gasteiger partial charge in [-0.2, -0.15) is 0 Å². The minimum Gasteiger partial charge on any atom is -0.368 e. The Bertz CT molecular complexity index is 735. The molecule has 3 rings (SSSR count). The number of aromatic nitrogens is 2. The van der Waals surface area contributed by atoms with Crippen LogP contribution in [0.3, 0.4) is 0 Å². The number of nitrogens with zero attached hydrogens (tertiary/aromatic N) is 3. The second-order valence-corrected chi connectivity index (χ2v) is 9.39. The lowest BCUT2D eigenvalue weighted by molar-refractivity contribution is 0.277. The molecule has 2 heterocycles. The Morgan fingerprint density at radius 2 is 2.12 bits per heavy atom. The maximum Gasteiger partial charge on any atom is 0.250 e. The van der Waals surface area contributed by atoms with Crippen LogP contribution in [0.5, 0.6) is 0 Å². The summed E-state index contributed by atoms with van der Waals surface area (Å²) in [5.74, 6) is 0.922. The lowest BCUT2D eigenvalue weighted by atomic mass is 10.2. The lowest BCUT2D eigenvalue weighted by Gasteiger charge is -2.23. The molecular formula is C16H18Cl3IN4. The molecule has 1 saturated heterocycles. The number of likely N-dealkylation sites (N-methyl/N-ethyl adjacent to an activating group) is 1. The van der Waals surface area contributed by atoms with Gasteiger partial charge in [-0.15, -0.1) is 0 Å². The molecule has 1 aliphatic heterocycles. The third kappa shape index (κ3) is 4.18. The van der Waals surface area contributed by atoms with Crippen molar-refractivity contribution in [1.82, 2.24) is 14.9 Å². The van der Waals surface area contributed by atoms with Crippen molar-refractivity contribution >= 4 is 74.1 Å². The maximum absolute atomic E-state index is 6.00. The van der Waals surface area contributed by atoms with Crippen molar-refractivity contribution in [2.75, 3.05) is 25.0 Å². The number of likely N-dealkylation sites (tertiary alicyclic amines) is 1. The smallest absolute Gasteiger partial charge is 0.250 e. The van der Waals surface area contributed by atoms with Gasteiger partial charge in [-0.05, 0) is 66.7 Å². The van der Waals surface area contributed by atoms with Gasteiger partial charge in [0.05, 0.1) is 5.52 Å². The number of hydrogen-bond donors (Lipinski definition) is 1. The van der Waals surface area contributed by atoms with Gasteiger partial charge in [0.25, 0.3) is 0 Å². The van der Waals surface area contributed by atoms with Crippen molar-refractivity contribution in [3.05, 3.63) is 27.6 Å². The van der Waals surface area contributed by atoms with E-state index in [2.05, 4.69) is 49.7 Å². The number of anilines is 1. The van der Waals surface area contributed by atoms with Crippen LogP contribution in [-0.4, -0.2) is 40.5 Å². The zero-order valence-electron chi connectivity index (χ0n) is 13.2. The van der Waals surface area contributed by atoms with Gasteiger partial charge in [-0.1, -0.05) is 41.7 Å². The van der Waals surface area contributed by atoms with Crippen molar-refractivity contribution in [3.63, 3.8) is 0 Å². The van der Waals surface area contributed by atoms with Crippen LogP contribution in [0.1, 0.15) is 25.6 Å². The van der Waals surface area contributed by atoms with Gasteiger partial charge in [0.15, 0.2) is 5.82 Å². The molecule has 24 heavy (non-hydrogen) atoms. The molecule has 8 heteroatoms. The normalized spacial score (nSPS) is 19.1. The van der Waals surface area contributed by atoms with E-state index in [9.17, 15) is 0 Å². The molecule has 1 unspecified atom stereocenters. The van der Waals surface area contributed by atoms with E-state index in [1.54, 1.807) is 0 Å². The predicted octanol–water partition coefficient (Wildman–Crippen LogP) is 4.96. The van der Waals surface area contributed by atoms with Gasteiger partial charge in [-0.3, -0.25) is 4.90 Å². The summed E-state index contributed by atoms with van der Waals surface area (Å²) in [5, 5.41) is 4.41. The minimum absolute atomic E-state index is 0.197. The van der Waals surface area contributed by atoms with E-state index in [1.807, 2.05) is 18.2 Å². The Labute approximate surface area is 170 Å². The Kier molecular flexibility index (Phi) is 5.97. The molecule has 1 aliphatic rings. The Morgan fingerprint density at radius 3 is 2.83 bits per heavy atom. The van der Waals surface area contributed by atoms with Crippen LogP contribution in [0.25, 0.3) is 10.9 Å². The largest absolute Gasteiger partial charge is 0.368 e. The van der Waals surface area contributed by atoms with Crippen LogP contribution in [-0.2, 0) is 3.79 Å². The zero-order chi connectivity index (χ0) is 17.3. The molecule has 2 aromatic rings. The summed E-state index contributed by atoms with van der Waals surface area (Å²) in [4.78, 5) is 11.4. The molecule has 1 fully saturated rings. The standard InChI is InChI=1S/C16H18Cl3IN4/c1-2-24-7-3-4-11(24)9-21-14-12-8-10(20)5-6-13(12)22-15(23-14)16(17,18)19/h5-6,8,11H,2-4,7,9H2,1H3,(H,21,22,23). The topological polar surface area (TPSA) is 41.0 Å². The molecule has 1 atom stereocenters. The number of alkyl halides is 3. The van der Waals surface area contributed by atoms with E-state index in [-0.39, 0.29) is 5.82 Å². The van der Waals surface area contributed by atoms with Gasteiger partial charge in [0.1, 0.15) is 5.82 Å². The SMILES string of the molecule is CCN1CCCC1CNc1nc(C(Cl)(Cl)Cl)nc2ccc(I)cc12. The molecule has 1 aromatic heterocycles. The lowest BCUT2D eigenvalue weighted by Crippen LogP contribution is -2.34. The minimum atomic E-state index is -1.64. The fourth-order valence-corrected chi connectivity index (χ4v) is 3.86. The number of fused-ring (bicyclic) bond motifs is 1. The molecule has 4 nitrogen and oxygen atoms in total. The highest BCUT2D eigenvalue weighted by atomic mass is 127. The molecular weight excluding hydrogens is 481 g/mol. The summed E-state index contributed by atoms with van der Waals surface area (Å²) < 4.78 is -0.527. The first kappa shape index (κ1) is 18.7. The van der Waals surface area contributed by atoms with E-state index in [0.29, 0.717) is 6.04 Å². The molecule has 0 aliphatic carbocycles. The van der Waals surface area contributed by atoms with E-state index in [1.165, 1.54) is 12.8 Å². The highest BCUT2D eigenvalue weighted by Gasteiger charge is 2.28. The van der Waals surface area contributed by atoms with Crippen LogP contribution in [0.4, 0.5) is 5.82 Å².